The minimum Gasteiger partial charge on any atom is -0.497 e. The fourth-order valence-electron chi connectivity index (χ4n) is 2.39. The zero-order valence-corrected chi connectivity index (χ0v) is 15.9. The van der Waals surface area contributed by atoms with E-state index < -0.39 is 0 Å². The smallest absolute Gasteiger partial charge is 0.118 e. The maximum Gasteiger partial charge on any atom is 0.118 e. The molecule has 0 aliphatic heterocycles. The van der Waals surface area contributed by atoms with Gasteiger partial charge in [-0.2, -0.15) is 0 Å². The van der Waals surface area contributed by atoms with Crippen LogP contribution in [0.3, 0.4) is 0 Å². The number of hydrogen-bond donors (Lipinski definition) is 0. The quantitative estimate of drug-likeness (QED) is 0.259. The normalized spacial score (nSPS) is 10.8. The molecular weight excluding hydrogens is 308 g/mol. The predicted molar refractivity (Wildman–Crippen MR) is 103 cm³/mol. The summed E-state index contributed by atoms with van der Waals surface area (Å²) in [6.07, 6.45) is 14.1. The van der Waals surface area contributed by atoms with Crippen LogP contribution >= 0.6 is 21.6 Å². The molecule has 0 atom stereocenters. The van der Waals surface area contributed by atoms with E-state index in [0.717, 1.165) is 5.75 Å². The van der Waals surface area contributed by atoms with Gasteiger partial charge in [0.15, 0.2) is 0 Å². The molecule has 0 aliphatic carbocycles. The Balaban J connectivity index is 1.85. The van der Waals surface area contributed by atoms with E-state index in [9.17, 15) is 0 Å². The van der Waals surface area contributed by atoms with Crippen molar-refractivity contribution in [2.45, 2.75) is 76.0 Å². The molecule has 0 amide bonds. The van der Waals surface area contributed by atoms with Crippen molar-refractivity contribution in [1.29, 1.82) is 0 Å². The Morgan fingerprint density at radius 2 is 1.32 bits per heavy atom. The van der Waals surface area contributed by atoms with E-state index in [4.69, 9.17) is 4.74 Å². The first kappa shape index (κ1) is 19.8. The standard InChI is InChI=1S/C19H32OS2/c1-3-4-5-6-7-8-9-10-11-12-17-21-22-19-15-13-18(20-2)14-16-19/h13-16H,3-12,17H2,1-2H3. The highest BCUT2D eigenvalue weighted by Crippen LogP contribution is 2.32. The van der Waals surface area contributed by atoms with Gasteiger partial charge in [0, 0.05) is 10.6 Å². The van der Waals surface area contributed by atoms with Crippen molar-refractivity contribution >= 4 is 21.6 Å². The van der Waals surface area contributed by atoms with Crippen LogP contribution in [0.5, 0.6) is 5.75 Å². The summed E-state index contributed by atoms with van der Waals surface area (Å²) >= 11 is 0. The van der Waals surface area contributed by atoms with Crippen LogP contribution in [-0.4, -0.2) is 12.9 Å². The topological polar surface area (TPSA) is 9.23 Å². The second-order valence-corrected chi connectivity index (χ2v) is 8.25. The first-order chi connectivity index (χ1) is 10.9. The van der Waals surface area contributed by atoms with Crippen LogP contribution in [-0.2, 0) is 0 Å². The average molecular weight is 341 g/mol. The van der Waals surface area contributed by atoms with E-state index >= 15 is 0 Å². The fourth-order valence-corrected chi connectivity index (χ4v) is 4.52. The summed E-state index contributed by atoms with van der Waals surface area (Å²) in [4.78, 5) is 1.32. The summed E-state index contributed by atoms with van der Waals surface area (Å²) in [5.74, 6) is 2.19. The van der Waals surface area contributed by atoms with Crippen LogP contribution < -0.4 is 4.74 Å². The Hall–Kier alpha value is -0.280. The van der Waals surface area contributed by atoms with Gasteiger partial charge in [-0.25, -0.2) is 0 Å². The molecule has 0 saturated carbocycles. The Morgan fingerprint density at radius 3 is 1.86 bits per heavy atom. The summed E-state index contributed by atoms with van der Waals surface area (Å²) < 4.78 is 5.17. The SMILES string of the molecule is CCCCCCCCCCCCSSc1ccc(OC)cc1. The lowest BCUT2D eigenvalue weighted by Crippen LogP contribution is -1.83. The molecule has 0 saturated heterocycles. The van der Waals surface area contributed by atoms with E-state index in [2.05, 4.69) is 19.1 Å². The summed E-state index contributed by atoms with van der Waals surface area (Å²) in [5, 5.41) is 0. The zero-order valence-electron chi connectivity index (χ0n) is 14.3. The van der Waals surface area contributed by atoms with Gasteiger partial charge in [0.2, 0.25) is 0 Å². The number of ether oxygens (including phenoxy) is 1. The van der Waals surface area contributed by atoms with Gasteiger partial charge in [-0.1, -0.05) is 86.3 Å². The fraction of sp³-hybridized carbons (Fsp3) is 0.684. The molecule has 0 radical (unpaired) electrons. The molecule has 1 nitrogen and oxygen atoms in total. The lowest BCUT2D eigenvalue weighted by molar-refractivity contribution is 0.414. The first-order valence-corrected chi connectivity index (χ1v) is 11.1. The zero-order chi connectivity index (χ0) is 15.9. The van der Waals surface area contributed by atoms with Crippen molar-refractivity contribution in [3.8, 4) is 5.75 Å². The largest absolute Gasteiger partial charge is 0.497 e. The van der Waals surface area contributed by atoms with Crippen molar-refractivity contribution in [2.24, 2.45) is 0 Å². The average Bonchev–Trinajstić information content (AvgIpc) is 2.56. The van der Waals surface area contributed by atoms with Gasteiger partial charge in [0.25, 0.3) is 0 Å². The maximum absolute atomic E-state index is 5.17. The van der Waals surface area contributed by atoms with Crippen LogP contribution in [0.2, 0.25) is 0 Å². The molecule has 1 rings (SSSR count). The molecule has 126 valence electrons. The van der Waals surface area contributed by atoms with E-state index in [-0.39, 0.29) is 0 Å². The molecule has 0 N–H and O–H groups in total. The molecular formula is C19H32OS2. The van der Waals surface area contributed by atoms with Crippen molar-refractivity contribution in [3.63, 3.8) is 0 Å². The third kappa shape index (κ3) is 10.4. The van der Waals surface area contributed by atoms with Gasteiger partial charge in [0.05, 0.1) is 7.11 Å². The molecule has 1 aromatic carbocycles. The second kappa shape index (κ2) is 14.3. The highest BCUT2D eigenvalue weighted by molar-refractivity contribution is 8.76. The van der Waals surface area contributed by atoms with Crippen LogP contribution in [0.1, 0.15) is 71.1 Å². The monoisotopic (exact) mass is 340 g/mol. The number of benzene rings is 1. The molecule has 0 aliphatic rings. The second-order valence-electron chi connectivity index (χ2n) is 5.76. The van der Waals surface area contributed by atoms with Crippen molar-refractivity contribution in [1.82, 2.24) is 0 Å². The van der Waals surface area contributed by atoms with Gasteiger partial charge in [-0.15, -0.1) is 0 Å². The van der Waals surface area contributed by atoms with Gasteiger partial charge in [-0.05, 0) is 30.7 Å². The summed E-state index contributed by atoms with van der Waals surface area (Å²) in [7, 11) is 5.56. The predicted octanol–water partition coefficient (Wildman–Crippen LogP) is 7.36. The van der Waals surface area contributed by atoms with Crippen molar-refractivity contribution in [3.05, 3.63) is 24.3 Å². The van der Waals surface area contributed by atoms with Crippen LogP contribution in [0.15, 0.2) is 29.2 Å². The first-order valence-electron chi connectivity index (χ1n) is 8.80. The van der Waals surface area contributed by atoms with E-state index in [0.29, 0.717) is 0 Å². The molecule has 3 heteroatoms. The molecule has 0 aromatic heterocycles. The molecule has 22 heavy (non-hydrogen) atoms. The summed E-state index contributed by atoms with van der Waals surface area (Å²) in [6, 6.07) is 8.33. The Kier molecular flexibility index (Phi) is 12.9. The highest BCUT2D eigenvalue weighted by atomic mass is 33.1. The molecule has 0 heterocycles. The van der Waals surface area contributed by atoms with E-state index in [1.54, 1.807) is 7.11 Å². The van der Waals surface area contributed by atoms with Gasteiger partial charge >= 0.3 is 0 Å². The molecule has 0 fully saturated rings. The van der Waals surface area contributed by atoms with Crippen LogP contribution in [0.25, 0.3) is 0 Å². The number of hydrogen-bond acceptors (Lipinski definition) is 3. The van der Waals surface area contributed by atoms with Gasteiger partial charge in [-0.3, -0.25) is 0 Å². The number of methoxy groups -OCH3 is 1. The molecule has 0 spiro atoms. The highest BCUT2D eigenvalue weighted by Gasteiger charge is 1.97. The van der Waals surface area contributed by atoms with Gasteiger partial charge < -0.3 is 4.74 Å². The van der Waals surface area contributed by atoms with Gasteiger partial charge in [0.1, 0.15) is 5.75 Å². The van der Waals surface area contributed by atoms with E-state index in [1.165, 1.54) is 74.9 Å². The molecule has 1 aromatic rings. The maximum atomic E-state index is 5.17. The summed E-state index contributed by atoms with van der Waals surface area (Å²) in [5.41, 5.74) is 0. The third-order valence-corrected chi connectivity index (χ3v) is 6.26. The van der Waals surface area contributed by atoms with Crippen LogP contribution in [0.4, 0.5) is 0 Å². The number of unbranched alkanes of at least 4 members (excludes halogenated alkanes) is 9. The molecule has 0 unspecified atom stereocenters. The number of rotatable bonds is 14. The van der Waals surface area contributed by atoms with Crippen molar-refractivity contribution < 1.29 is 4.74 Å². The lowest BCUT2D eigenvalue weighted by atomic mass is 10.1. The van der Waals surface area contributed by atoms with Crippen molar-refractivity contribution in [2.75, 3.05) is 12.9 Å². The van der Waals surface area contributed by atoms with E-state index in [1.807, 2.05) is 33.7 Å². The third-order valence-electron chi connectivity index (χ3n) is 3.80. The summed E-state index contributed by atoms with van der Waals surface area (Å²) in [6.45, 7) is 2.28. The van der Waals surface area contributed by atoms with Crippen LogP contribution in [0, 0.1) is 0 Å². The Morgan fingerprint density at radius 1 is 0.773 bits per heavy atom. The Labute approximate surface area is 145 Å². The molecule has 0 bridgehead atoms. The Bertz CT molecular complexity index is 351. The lowest BCUT2D eigenvalue weighted by Gasteiger charge is -2.04. The minimum absolute atomic E-state index is 0.934. The minimum atomic E-state index is 0.934.